The standard InChI is InChI=1S/C33H25ClN4OS/c1-2-20-38-31(28(22-12-6-3-7-13-22)23-14-8-4-9-15-23)36-37-33(38)40-30-29(24-16-10-5-11-17-24)26-21-25(34)18-19-27(26)35-32(30)39/h2-19,21,28H,1,20H2,(H,35,39). The summed E-state index contributed by atoms with van der Waals surface area (Å²) in [5.74, 6) is 0.632. The van der Waals surface area contributed by atoms with E-state index < -0.39 is 0 Å². The molecule has 7 heteroatoms. The van der Waals surface area contributed by atoms with Crippen LogP contribution in [0.4, 0.5) is 0 Å². The lowest BCUT2D eigenvalue weighted by Crippen LogP contribution is -2.14. The first kappa shape index (κ1) is 25.9. The number of halogens is 1. The van der Waals surface area contributed by atoms with Crippen molar-refractivity contribution in [2.24, 2.45) is 0 Å². The van der Waals surface area contributed by atoms with Gasteiger partial charge in [0, 0.05) is 28.0 Å². The Hall–Kier alpha value is -4.39. The van der Waals surface area contributed by atoms with Crippen molar-refractivity contribution in [3.8, 4) is 11.1 Å². The molecule has 5 nitrogen and oxygen atoms in total. The molecule has 196 valence electrons. The van der Waals surface area contributed by atoms with Gasteiger partial charge in [-0.15, -0.1) is 16.8 Å². The van der Waals surface area contributed by atoms with Gasteiger partial charge in [0.05, 0.1) is 10.8 Å². The molecule has 0 aliphatic heterocycles. The summed E-state index contributed by atoms with van der Waals surface area (Å²) in [6.07, 6.45) is 1.83. The van der Waals surface area contributed by atoms with Crippen LogP contribution in [-0.4, -0.2) is 19.7 Å². The molecular formula is C33H25ClN4OS. The molecule has 2 heterocycles. The zero-order chi connectivity index (χ0) is 27.5. The minimum atomic E-state index is -0.198. The van der Waals surface area contributed by atoms with Gasteiger partial charge in [-0.25, -0.2) is 0 Å². The molecule has 1 N–H and O–H groups in total. The van der Waals surface area contributed by atoms with E-state index in [0.717, 1.165) is 39.0 Å². The average molecular weight is 561 g/mol. The van der Waals surface area contributed by atoms with Crippen molar-refractivity contribution in [3.05, 3.63) is 154 Å². The van der Waals surface area contributed by atoms with Crippen molar-refractivity contribution in [2.75, 3.05) is 0 Å². The molecule has 0 saturated carbocycles. The van der Waals surface area contributed by atoms with Crippen molar-refractivity contribution < 1.29 is 0 Å². The maximum absolute atomic E-state index is 13.6. The zero-order valence-electron chi connectivity index (χ0n) is 21.5. The Labute approximate surface area is 241 Å². The number of nitrogens with zero attached hydrogens (tertiary/aromatic N) is 3. The van der Waals surface area contributed by atoms with E-state index in [9.17, 15) is 4.79 Å². The highest BCUT2D eigenvalue weighted by molar-refractivity contribution is 7.99. The van der Waals surface area contributed by atoms with Crippen molar-refractivity contribution in [1.29, 1.82) is 0 Å². The predicted octanol–water partition coefficient (Wildman–Crippen LogP) is 7.96. The summed E-state index contributed by atoms with van der Waals surface area (Å²) in [5, 5.41) is 11.4. The Kier molecular flexibility index (Phi) is 7.36. The molecule has 6 rings (SSSR count). The maximum atomic E-state index is 13.6. The zero-order valence-corrected chi connectivity index (χ0v) is 23.1. The van der Waals surface area contributed by atoms with Gasteiger partial charge < -0.3 is 9.55 Å². The molecule has 0 saturated heterocycles. The number of nitrogens with one attached hydrogen (secondary N) is 1. The highest BCUT2D eigenvalue weighted by Crippen LogP contribution is 2.39. The first-order chi connectivity index (χ1) is 19.6. The van der Waals surface area contributed by atoms with Crippen LogP contribution in [0.25, 0.3) is 22.0 Å². The minimum Gasteiger partial charge on any atom is -0.321 e. The molecule has 40 heavy (non-hydrogen) atoms. The van der Waals surface area contributed by atoms with Crippen molar-refractivity contribution in [2.45, 2.75) is 22.5 Å². The number of hydrogen-bond acceptors (Lipinski definition) is 4. The summed E-state index contributed by atoms with van der Waals surface area (Å²) in [5.41, 5.74) is 4.46. The van der Waals surface area contributed by atoms with Crippen molar-refractivity contribution in [1.82, 2.24) is 19.7 Å². The smallest absolute Gasteiger partial charge is 0.263 e. The van der Waals surface area contributed by atoms with Crippen LogP contribution in [0.3, 0.4) is 0 Å². The fraction of sp³-hybridized carbons (Fsp3) is 0.0606. The van der Waals surface area contributed by atoms with Crippen molar-refractivity contribution in [3.63, 3.8) is 0 Å². The average Bonchev–Trinajstić information content (AvgIpc) is 3.37. The van der Waals surface area contributed by atoms with Crippen LogP contribution in [-0.2, 0) is 6.54 Å². The van der Waals surface area contributed by atoms with Crippen LogP contribution in [0.2, 0.25) is 5.02 Å². The first-order valence-electron chi connectivity index (χ1n) is 12.9. The highest BCUT2D eigenvalue weighted by Gasteiger charge is 2.26. The normalized spacial score (nSPS) is 11.2. The summed E-state index contributed by atoms with van der Waals surface area (Å²) >= 11 is 7.72. The van der Waals surface area contributed by atoms with Crippen LogP contribution in [0.1, 0.15) is 22.9 Å². The number of hydrogen-bond donors (Lipinski definition) is 1. The van der Waals surface area contributed by atoms with Gasteiger partial charge in [0.25, 0.3) is 5.56 Å². The van der Waals surface area contributed by atoms with Crippen LogP contribution >= 0.6 is 23.4 Å². The third kappa shape index (κ3) is 4.99. The quantitative estimate of drug-likeness (QED) is 0.192. The van der Waals surface area contributed by atoms with E-state index in [1.165, 1.54) is 11.8 Å². The molecule has 0 atom stereocenters. The molecule has 0 amide bonds. The largest absolute Gasteiger partial charge is 0.321 e. The Bertz CT molecular complexity index is 1810. The van der Waals surface area contributed by atoms with Crippen LogP contribution in [0.5, 0.6) is 0 Å². The number of H-pyrrole nitrogens is 1. The Balaban J connectivity index is 1.54. The van der Waals surface area contributed by atoms with E-state index in [0.29, 0.717) is 21.6 Å². The predicted molar refractivity (Wildman–Crippen MR) is 163 cm³/mol. The van der Waals surface area contributed by atoms with E-state index in [2.05, 4.69) is 40.9 Å². The Morgan fingerprint density at radius 1 is 0.875 bits per heavy atom. The number of rotatable bonds is 8. The molecule has 2 aromatic heterocycles. The maximum Gasteiger partial charge on any atom is 0.263 e. The molecule has 0 aliphatic rings. The van der Waals surface area contributed by atoms with Gasteiger partial charge in [-0.2, -0.15) is 0 Å². The molecule has 0 unspecified atom stereocenters. The second kappa shape index (κ2) is 11.4. The summed E-state index contributed by atoms with van der Waals surface area (Å²) < 4.78 is 2.04. The van der Waals surface area contributed by atoms with E-state index >= 15 is 0 Å². The summed E-state index contributed by atoms with van der Waals surface area (Å²) in [6, 6.07) is 35.9. The number of fused-ring (bicyclic) bond motifs is 1. The second-order valence-electron chi connectivity index (χ2n) is 9.31. The molecule has 0 radical (unpaired) electrons. The second-order valence-corrected chi connectivity index (χ2v) is 10.7. The molecule has 0 fully saturated rings. The van der Waals surface area contributed by atoms with Crippen LogP contribution in [0.15, 0.2) is 137 Å². The van der Waals surface area contributed by atoms with E-state index in [4.69, 9.17) is 16.7 Å². The SMILES string of the molecule is C=CCn1c(Sc2c(-c3ccccc3)c3cc(Cl)ccc3[nH]c2=O)nnc1C(c1ccccc1)c1ccccc1. The Morgan fingerprint density at radius 2 is 1.50 bits per heavy atom. The number of aromatic amines is 1. The fourth-order valence-corrected chi connectivity index (χ4v) is 6.19. The van der Waals surface area contributed by atoms with Crippen molar-refractivity contribution >= 4 is 34.3 Å². The molecule has 0 bridgehead atoms. The van der Waals surface area contributed by atoms with Crippen LogP contribution in [0, 0.1) is 0 Å². The first-order valence-corrected chi connectivity index (χ1v) is 14.1. The third-order valence-electron chi connectivity index (χ3n) is 6.77. The molecule has 0 spiro atoms. The summed E-state index contributed by atoms with van der Waals surface area (Å²) in [7, 11) is 0. The molecular weight excluding hydrogens is 536 g/mol. The molecule has 0 aliphatic carbocycles. The number of allylic oxidation sites excluding steroid dienone is 1. The van der Waals surface area contributed by atoms with E-state index in [1.54, 1.807) is 6.07 Å². The van der Waals surface area contributed by atoms with E-state index in [-0.39, 0.29) is 11.5 Å². The van der Waals surface area contributed by atoms with Gasteiger partial charge in [0.15, 0.2) is 5.16 Å². The molecule has 6 aromatic rings. The van der Waals surface area contributed by atoms with Gasteiger partial charge in [0.1, 0.15) is 5.82 Å². The third-order valence-corrected chi connectivity index (χ3v) is 8.08. The van der Waals surface area contributed by atoms with Gasteiger partial charge in [-0.3, -0.25) is 4.79 Å². The lowest BCUT2D eigenvalue weighted by Gasteiger charge is -2.19. The Morgan fingerprint density at radius 3 is 2.12 bits per heavy atom. The van der Waals surface area contributed by atoms with Gasteiger partial charge >= 0.3 is 0 Å². The lowest BCUT2D eigenvalue weighted by atomic mass is 9.90. The number of pyridine rings is 1. The van der Waals surface area contributed by atoms with Gasteiger partial charge in [-0.05, 0) is 46.7 Å². The van der Waals surface area contributed by atoms with Gasteiger partial charge in [-0.1, -0.05) is 109 Å². The highest BCUT2D eigenvalue weighted by atomic mass is 35.5. The summed E-state index contributed by atoms with van der Waals surface area (Å²) in [4.78, 5) is 17.1. The van der Waals surface area contributed by atoms with E-state index in [1.807, 2.05) is 89.5 Å². The lowest BCUT2D eigenvalue weighted by molar-refractivity contribution is 0.668. The molecule has 4 aromatic carbocycles. The fourth-order valence-electron chi connectivity index (χ4n) is 5.00. The summed E-state index contributed by atoms with van der Waals surface area (Å²) in [6.45, 7) is 4.48. The topological polar surface area (TPSA) is 63.6 Å². The van der Waals surface area contributed by atoms with Crippen LogP contribution < -0.4 is 5.56 Å². The minimum absolute atomic E-state index is 0.147. The number of benzene rings is 4. The monoisotopic (exact) mass is 560 g/mol. The number of aromatic nitrogens is 4. The van der Waals surface area contributed by atoms with Gasteiger partial charge in [0.2, 0.25) is 0 Å².